The molecule has 0 unspecified atom stereocenters. The molecule has 0 radical (unpaired) electrons. The summed E-state index contributed by atoms with van der Waals surface area (Å²) in [6, 6.07) is 9.87. The summed E-state index contributed by atoms with van der Waals surface area (Å²) in [5.74, 6) is -2.87. The van der Waals surface area contributed by atoms with Crippen molar-refractivity contribution in [3.8, 4) is 21.7 Å². The molecule has 204 valence electrons. The average molecular weight is 576 g/mol. The molecular formula is C27H24F3N3O4S2. The number of anilines is 1. The van der Waals surface area contributed by atoms with Gasteiger partial charge < -0.3 is 9.47 Å². The topological polar surface area (TPSA) is 81.6 Å². The fourth-order valence-corrected chi connectivity index (χ4v) is 7.12. The number of methoxy groups -OCH3 is 1. The van der Waals surface area contributed by atoms with Crippen LogP contribution in [0, 0.1) is 17.5 Å². The summed E-state index contributed by atoms with van der Waals surface area (Å²) in [7, 11) is -3.54. The number of aromatic nitrogens is 2. The minimum atomic E-state index is -4.75. The number of nitrogens with zero attached hydrogens (tertiary/aromatic N) is 3. The Morgan fingerprint density at radius 1 is 1.08 bits per heavy atom. The van der Waals surface area contributed by atoms with Crippen LogP contribution in [0.15, 0.2) is 65.8 Å². The largest absolute Gasteiger partial charge is 0.381 e. The molecule has 3 heterocycles. The number of pyridine rings is 1. The molecule has 0 bridgehead atoms. The number of sulfonamides is 1. The summed E-state index contributed by atoms with van der Waals surface area (Å²) < 4.78 is 82.7. The second-order valence-corrected chi connectivity index (χ2v) is 11.7. The number of ether oxygens (including phenoxy) is 2. The fraction of sp³-hybridized carbons (Fsp3) is 0.259. The first kappa shape index (κ1) is 27.3. The zero-order chi connectivity index (χ0) is 27.6. The van der Waals surface area contributed by atoms with E-state index in [1.54, 1.807) is 24.5 Å². The van der Waals surface area contributed by atoms with Crippen LogP contribution in [0.1, 0.15) is 23.8 Å². The van der Waals surface area contributed by atoms with E-state index in [0.29, 0.717) is 40.2 Å². The van der Waals surface area contributed by atoms with Crippen LogP contribution in [-0.4, -0.2) is 45.4 Å². The second-order valence-electron chi connectivity index (χ2n) is 8.84. The molecule has 7 nitrogen and oxygen atoms in total. The summed E-state index contributed by atoms with van der Waals surface area (Å²) in [6.07, 6.45) is 4.81. The van der Waals surface area contributed by atoms with E-state index in [1.165, 1.54) is 36.6 Å². The monoisotopic (exact) mass is 575 g/mol. The lowest BCUT2D eigenvalue weighted by molar-refractivity contribution is 0.0853. The summed E-state index contributed by atoms with van der Waals surface area (Å²) >= 11 is 1.44. The molecule has 2 aromatic carbocycles. The predicted octanol–water partition coefficient (Wildman–Crippen LogP) is 5.98. The summed E-state index contributed by atoms with van der Waals surface area (Å²) in [4.78, 5) is 8.66. The summed E-state index contributed by atoms with van der Waals surface area (Å²) in [6.45, 7) is 0.573. The van der Waals surface area contributed by atoms with Crippen LogP contribution in [-0.2, 0) is 19.5 Å². The van der Waals surface area contributed by atoms with Crippen molar-refractivity contribution >= 4 is 27.0 Å². The predicted molar refractivity (Wildman–Crippen MR) is 141 cm³/mol. The van der Waals surface area contributed by atoms with Gasteiger partial charge in [-0.25, -0.2) is 30.9 Å². The third-order valence-corrected chi connectivity index (χ3v) is 9.38. The molecular weight excluding hydrogens is 551 g/mol. The lowest BCUT2D eigenvalue weighted by atomic mass is 10.0. The Labute approximate surface area is 227 Å². The first-order valence-electron chi connectivity index (χ1n) is 12.1. The van der Waals surface area contributed by atoms with Crippen molar-refractivity contribution in [2.24, 2.45) is 0 Å². The Morgan fingerprint density at radius 2 is 1.82 bits per heavy atom. The molecule has 2 aromatic heterocycles. The van der Waals surface area contributed by atoms with Crippen LogP contribution >= 0.6 is 11.3 Å². The van der Waals surface area contributed by atoms with Gasteiger partial charge in [0, 0.05) is 44.2 Å². The van der Waals surface area contributed by atoms with Crippen molar-refractivity contribution in [1.29, 1.82) is 0 Å². The maximum atomic E-state index is 16.3. The molecule has 1 fully saturated rings. The molecule has 0 aliphatic carbocycles. The van der Waals surface area contributed by atoms with Gasteiger partial charge in [0.15, 0.2) is 5.82 Å². The molecule has 1 saturated heterocycles. The third kappa shape index (κ3) is 5.42. The number of hydrogen-bond acceptors (Lipinski definition) is 7. The van der Waals surface area contributed by atoms with Gasteiger partial charge >= 0.3 is 0 Å². The first-order valence-corrected chi connectivity index (χ1v) is 14.3. The van der Waals surface area contributed by atoms with Gasteiger partial charge in [0.1, 0.15) is 23.3 Å². The SMILES string of the molecule is COCN(c1cccc(-c2nc(C3CCOCC3)sc2-c2ccncc2)c1F)S(=O)(=O)c1cc(F)ccc1F. The van der Waals surface area contributed by atoms with Crippen LogP contribution in [0.5, 0.6) is 0 Å². The minimum absolute atomic E-state index is 0.0601. The molecule has 12 heteroatoms. The molecule has 0 saturated carbocycles. The third-order valence-electron chi connectivity index (χ3n) is 6.37. The number of rotatable bonds is 8. The first-order chi connectivity index (χ1) is 18.8. The zero-order valence-electron chi connectivity index (χ0n) is 20.8. The lowest BCUT2D eigenvalue weighted by Crippen LogP contribution is -2.34. The molecule has 1 aliphatic rings. The van der Waals surface area contributed by atoms with Crippen LogP contribution in [0.3, 0.4) is 0 Å². The molecule has 39 heavy (non-hydrogen) atoms. The quantitative estimate of drug-likeness (QED) is 0.241. The Balaban J connectivity index is 1.65. The van der Waals surface area contributed by atoms with Crippen molar-refractivity contribution in [2.45, 2.75) is 23.7 Å². The van der Waals surface area contributed by atoms with E-state index in [0.717, 1.165) is 29.5 Å². The maximum absolute atomic E-state index is 16.3. The Kier molecular flexibility index (Phi) is 7.98. The van der Waals surface area contributed by atoms with Gasteiger partial charge in [-0.15, -0.1) is 11.3 Å². The highest BCUT2D eigenvalue weighted by molar-refractivity contribution is 7.92. The average Bonchev–Trinajstić information content (AvgIpc) is 3.39. The van der Waals surface area contributed by atoms with Gasteiger partial charge in [0.25, 0.3) is 10.0 Å². The van der Waals surface area contributed by atoms with Crippen molar-refractivity contribution in [1.82, 2.24) is 9.97 Å². The highest BCUT2D eigenvalue weighted by Gasteiger charge is 2.32. The van der Waals surface area contributed by atoms with Crippen molar-refractivity contribution in [3.05, 3.63) is 83.4 Å². The van der Waals surface area contributed by atoms with Crippen molar-refractivity contribution in [3.63, 3.8) is 0 Å². The van der Waals surface area contributed by atoms with Gasteiger partial charge in [0.05, 0.1) is 21.3 Å². The van der Waals surface area contributed by atoms with Gasteiger partial charge in [-0.05, 0) is 60.9 Å². The number of thiazole rings is 1. The second kappa shape index (κ2) is 11.4. The van der Waals surface area contributed by atoms with Crippen LogP contribution in [0.4, 0.5) is 18.9 Å². The van der Waals surface area contributed by atoms with Crippen molar-refractivity contribution < 1.29 is 31.1 Å². The van der Waals surface area contributed by atoms with Gasteiger partial charge in [-0.2, -0.15) is 0 Å². The molecule has 4 aromatic rings. The molecule has 1 aliphatic heterocycles. The van der Waals surface area contributed by atoms with Crippen LogP contribution in [0.2, 0.25) is 0 Å². The van der Waals surface area contributed by atoms with E-state index in [2.05, 4.69) is 4.98 Å². The smallest absolute Gasteiger partial charge is 0.269 e. The zero-order valence-corrected chi connectivity index (χ0v) is 22.4. The van der Waals surface area contributed by atoms with E-state index in [1.807, 2.05) is 0 Å². The van der Waals surface area contributed by atoms with Gasteiger partial charge in [-0.1, -0.05) is 6.07 Å². The van der Waals surface area contributed by atoms with Gasteiger partial charge in [0.2, 0.25) is 0 Å². The molecule has 0 atom stereocenters. The normalized spacial score (nSPS) is 14.5. The summed E-state index contributed by atoms with van der Waals surface area (Å²) in [5.41, 5.74) is 0.798. The van der Waals surface area contributed by atoms with Crippen LogP contribution in [0.25, 0.3) is 21.7 Å². The maximum Gasteiger partial charge on any atom is 0.269 e. The fourth-order valence-electron chi connectivity index (χ4n) is 4.41. The van der Waals surface area contributed by atoms with E-state index < -0.39 is 39.1 Å². The standard InChI is InChI=1S/C27H24F3N3O4S2/c1-36-16-33(39(34,35)23-15-19(28)5-6-21(23)29)22-4-2-3-20(24(22)30)25-26(17-7-11-31-12-8-17)38-27(32-25)18-9-13-37-14-10-18/h2-8,11-12,15,18H,9-10,13-14,16H2,1H3. The van der Waals surface area contributed by atoms with E-state index >= 15 is 4.39 Å². The molecule has 0 amide bonds. The van der Waals surface area contributed by atoms with Gasteiger partial charge in [-0.3, -0.25) is 4.98 Å². The lowest BCUT2D eigenvalue weighted by Gasteiger charge is -2.25. The molecule has 0 N–H and O–H groups in total. The van der Waals surface area contributed by atoms with Crippen LogP contribution < -0.4 is 4.31 Å². The highest BCUT2D eigenvalue weighted by Crippen LogP contribution is 2.43. The Hall–Kier alpha value is -3.32. The van der Waals surface area contributed by atoms with E-state index in [-0.39, 0.29) is 17.2 Å². The Bertz CT molecular complexity index is 1580. The number of benzene rings is 2. The van der Waals surface area contributed by atoms with E-state index in [9.17, 15) is 17.2 Å². The molecule has 0 spiro atoms. The Morgan fingerprint density at radius 3 is 2.54 bits per heavy atom. The highest BCUT2D eigenvalue weighted by atomic mass is 32.2. The van der Waals surface area contributed by atoms with E-state index in [4.69, 9.17) is 14.5 Å². The summed E-state index contributed by atoms with van der Waals surface area (Å²) in [5, 5.41) is 0.827. The minimum Gasteiger partial charge on any atom is -0.381 e. The number of hydrogen-bond donors (Lipinski definition) is 0. The molecule has 5 rings (SSSR count). The number of halogens is 3. The van der Waals surface area contributed by atoms with Crippen molar-refractivity contribution in [2.75, 3.05) is 31.4 Å².